The van der Waals surface area contributed by atoms with Gasteiger partial charge in [0, 0.05) is 0 Å². The van der Waals surface area contributed by atoms with Gasteiger partial charge in [0.1, 0.15) is 5.75 Å². The number of hydrogen-bond acceptors (Lipinski definition) is 4. The monoisotopic (exact) mass is 294 g/mol. The minimum absolute atomic E-state index is 0.120. The molecule has 0 amide bonds. The van der Waals surface area contributed by atoms with Crippen LogP contribution in [-0.2, 0) is 20.7 Å². The van der Waals surface area contributed by atoms with Gasteiger partial charge in [-0.1, -0.05) is 26.0 Å². The molecule has 1 unspecified atom stereocenters. The molecule has 0 fully saturated rings. The van der Waals surface area contributed by atoms with E-state index in [1.165, 1.54) is 0 Å². The molecule has 0 aliphatic heterocycles. The molecule has 0 bridgehead atoms. The van der Waals surface area contributed by atoms with Crippen molar-refractivity contribution in [3.05, 3.63) is 29.8 Å². The van der Waals surface area contributed by atoms with E-state index in [4.69, 9.17) is 14.2 Å². The third-order valence-corrected chi connectivity index (χ3v) is 2.62. The van der Waals surface area contributed by atoms with Crippen LogP contribution in [0.15, 0.2) is 24.3 Å². The van der Waals surface area contributed by atoms with Crippen molar-refractivity contribution < 1.29 is 19.0 Å². The summed E-state index contributed by atoms with van der Waals surface area (Å²) in [6.07, 6.45) is 0.104. The zero-order chi connectivity index (χ0) is 15.8. The average molecular weight is 294 g/mol. The van der Waals surface area contributed by atoms with Crippen LogP contribution in [-0.4, -0.2) is 25.0 Å². The van der Waals surface area contributed by atoms with Gasteiger partial charge < -0.3 is 14.2 Å². The molecule has 4 heteroatoms. The molecular formula is C17H26O4. The number of carbonyl (C=O) groups is 1. The van der Waals surface area contributed by atoms with Gasteiger partial charge in [0.15, 0.2) is 6.29 Å². The lowest BCUT2D eigenvalue weighted by molar-refractivity contribution is -0.143. The summed E-state index contributed by atoms with van der Waals surface area (Å²) in [5.74, 6) is 0.878. The van der Waals surface area contributed by atoms with Crippen LogP contribution in [0.2, 0.25) is 0 Å². The maximum Gasteiger partial charge on any atom is 0.310 e. The van der Waals surface area contributed by atoms with E-state index in [-0.39, 0.29) is 24.8 Å². The van der Waals surface area contributed by atoms with Crippen LogP contribution in [0.25, 0.3) is 0 Å². The van der Waals surface area contributed by atoms with E-state index in [1.807, 2.05) is 58.9 Å². The quantitative estimate of drug-likeness (QED) is 0.543. The molecular weight excluding hydrogens is 268 g/mol. The molecule has 0 saturated heterocycles. The summed E-state index contributed by atoms with van der Waals surface area (Å²) in [6, 6.07) is 7.42. The summed E-state index contributed by atoms with van der Waals surface area (Å²) >= 11 is 0. The van der Waals surface area contributed by atoms with Crippen LogP contribution in [0.5, 0.6) is 5.75 Å². The van der Waals surface area contributed by atoms with Crippen LogP contribution >= 0.6 is 0 Å². The Hall–Kier alpha value is -1.55. The smallest absolute Gasteiger partial charge is 0.310 e. The number of carbonyl (C=O) groups excluding carboxylic acids is 1. The predicted molar refractivity (Wildman–Crippen MR) is 82.3 cm³/mol. The number of ether oxygens (including phenoxy) is 3. The Labute approximate surface area is 127 Å². The number of benzene rings is 1. The Bertz CT molecular complexity index is 423. The Morgan fingerprint density at radius 2 is 1.67 bits per heavy atom. The molecule has 1 rings (SSSR count). The first-order valence-corrected chi connectivity index (χ1v) is 7.43. The summed E-state index contributed by atoms with van der Waals surface area (Å²) < 4.78 is 16.3. The largest absolute Gasteiger partial charge is 0.465 e. The summed E-state index contributed by atoms with van der Waals surface area (Å²) in [7, 11) is 0. The lowest BCUT2D eigenvalue weighted by atomic mass is 10.1. The van der Waals surface area contributed by atoms with E-state index in [1.54, 1.807) is 0 Å². The highest BCUT2D eigenvalue weighted by molar-refractivity contribution is 5.72. The zero-order valence-electron chi connectivity index (χ0n) is 13.6. The third kappa shape index (κ3) is 7.71. The van der Waals surface area contributed by atoms with Crippen LogP contribution in [0, 0.1) is 5.92 Å². The Morgan fingerprint density at radius 1 is 1.05 bits per heavy atom. The number of rotatable bonds is 8. The molecule has 0 spiro atoms. The van der Waals surface area contributed by atoms with Crippen molar-refractivity contribution in [1.29, 1.82) is 0 Å². The maximum atomic E-state index is 11.6. The lowest BCUT2D eigenvalue weighted by Crippen LogP contribution is -2.20. The normalized spacial score (nSPS) is 12.5. The first-order valence-electron chi connectivity index (χ1n) is 7.43. The van der Waals surface area contributed by atoms with Gasteiger partial charge in [-0.15, -0.1) is 0 Å². The van der Waals surface area contributed by atoms with E-state index in [2.05, 4.69) is 0 Å². The fraction of sp³-hybridized carbons (Fsp3) is 0.588. The standard InChI is InChI=1S/C17H26O4/c1-12(2)11-19-17(18)10-15-6-8-16(9-7-15)21-14(5)20-13(3)4/h6-9,12-14H,10-11H2,1-5H3. The summed E-state index contributed by atoms with van der Waals surface area (Å²) in [4.78, 5) is 11.6. The van der Waals surface area contributed by atoms with Crippen molar-refractivity contribution in [2.45, 2.75) is 53.4 Å². The fourth-order valence-corrected chi connectivity index (χ4v) is 1.77. The summed E-state index contributed by atoms with van der Waals surface area (Å²) in [6.45, 7) is 10.3. The molecule has 0 heterocycles. The van der Waals surface area contributed by atoms with Crippen molar-refractivity contribution in [2.24, 2.45) is 5.92 Å². The van der Waals surface area contributed by atoms with Crippen molar-refractivity contribution in [3.63, 3.8) is 0 Å². The molecule has 1 aromatic rings. The Kier molecular flexibility index (Phi) is 7.23. The van der Waals surface area contributed by atoms with Gasteiger partial charge in [0.2, 0.25) is 0 Å². The molecule has 0 N–H and O–H groups in total. The van der Waals surface area contributed by atoms with E-state index < -0.39 is 0 Å². The molecule has 118 valence electrons. The Morgan fingerprint density at radius 3 is 2.19 bits per heavy atom. The summed E-state index contributed by atoms with van der Waals surface area (Å²) in [5.41, 5.74) is 0.911. The molecule has 21 heavy (non-hydrogen) atoms. The molecule has 1 atom stereocenters. The second-order valence-corrected chi connectivity index (χ2v) is 5.77. The highest BCUT2D eigenvalue weighted by atomic mass is 16.7. The minimum Gasteiger partial charge on any atom is -0.465 e. The van der Waals surface area contributed by atoms with E-state index >= 15 is 0 Å². The SMILES string of the molecule is CC(C)COC(=O)Cc1ccc(OC(C)OC(C)C)cc1. The van der Waals surface area contributed by atoms with Gasteiger partial charge in [0.25, 0.3) is 0 Å². The molecule has 1 aromatic carbocycles. The van der Waals surface area contributed by atoms with Crippen LogP contribution in [0.3, 0.4) is 0 Å². The second-order valence-electron chi connectivity index (χ2n) is 5.77. The van der Waals surface area contributed by atoms with Crippen molar-refractivity contribution in [3.8, 4) is 5.75 Å². The second kappa shape index (κ2) is 8.67. The molecule has 0 aromatic heterocycles. The van der Waals surface area contributed by atoms with E-state index in [0.29, 0.717) is 12.5 Å². The zero-order valence-corrected chi connectivity index (χ0v) is 13.6. The van der Waals surface area contributed by atoms with Gasteiger partial charge in [-0.25, -0.2) is 0 Å². The molecule has 4 nitrogen and oxygen atoms in total. The minimum atomic E-state index is -0.299. The number of hydrogen-bond donors (Lipinski definition) is 0. The van der Waals surface area contributed by atoms with Crippen molar-refractivity contribution in [1.82, 2.24) is 0 Å². The Balaban J connectivity index is 2.44. The highest BCUT2D eigenvalue weighted by Crippen LogP contribution is 2.15. The van der Waals surface area contributed by atoms with E-state index in [9.17, 15) is 4.79 Å². The van der Waals surface area contributed by atoms with Gasteiger partial charge >= 0.3 is 5.97 Å². The third-order valence-electron chi connectivity index (χ3n) is 2.62. The van der Waals surface area contributed by atoms with Crippen molar-refractivity contribution in [2.75, 3.05) is 6.61 Å². The maximum absolute atomic E-state index is 11.6. The van der Waals surface area contributed by atoms with Crippen LogP contribution < -0.4 is 4.74 Å². The van der Waals surface area contributed by atoms with Gasteiger partial charge in [0.05, 0.1) is 19.1 Å². The molecule has 0 saturated carbocycles. The molecule has 0 radical (unpaired) electrons. The van der Waals surface area contributed by atoms with Crippen LogP contribution in [0.4, 0.5) is 0 Å². The first-order chi connectivity index (χ1) is 9.86. The summed E-state index contributed by atoms with van der Waals surface area (Å²) in [5, 5.41) is 0. The number of esters is 1. The fourth-order valence-electron chi connectivity index (χ4n) is 1.77. The van der Waals surface area contributed by atoms with Gasteiger partial charge in [-0.3, -0.25) is 4.79 Å². The highest BCUT2D eigenvalue weighted by Gasteiger charge is 2.08. The van der Waals surface area contributed by atoms with E-state index in [0.717, 1.165) is 11.3 Å². The average Bonchev–Trinajstić information content (AvgIpc) is 2.37. The first kappa shape index (κ1) is 17.5. The topological polar surface area (TPSA) is 44.8 Å². The van der Waals surface area contributed by atoms with Gasteiger partial charge in [-0.05, 0) is 44.4 Å². The lowest BCUT2D eigenvalue weighted by Gasteiger charge is -2.17. The van der Waals surface area contributed by atoms with Crippen LogP contribution in [0.1, 0.15) is 40.2 Å². The van der Waals surface area contributed by atoms with Gasteiger partial charge in [-0.2, -0.15) is 0 Å². The molecule has 0 aliphatic rings. The predicted octanol–water partition coefficient (Wildman–Crippen LogP) is 3.58. The molecule has 0 aliphatic carbocycles. The van der Waals surface area contributed by atoms with Crippen molar-refractivity contribution >= 4 is 5.97 Å².